The van der Waals surface area contributed by atoms with Crippen molar-refractivity contribution in [1.29, 1.82) is 0 Å². The Hall–Kier alpha value is -3.02. The number of halogens is 3. The molecular weight excluding hydrogens is 523 g/mol. The van der Waals surface area contributed by atoms with Crippen LogP contribution < -0.4 is 10.2 Å². The Kier molecular flexibility index (Phi) is 8.44. The summed E-state index contributed by atoms with van der Waals surface area (Å²) in [5.74, 6) is 0.115. The lowest BCUT2D eigenvalue weighted by Gasteiger charge is -2.38. The van der Waals surface area contributed by atoms with Crippen LogP contribution >= 0.6 is 0 Å². The first-order valence-electron chi connectivity index (χ1n) is 14.0. The zero-order chi connectivity index (χ0) is 28.4. The van der Waals surface area contributed by atoms with E-state index in [0.29, 0.717) is 24.4 Å². The fraction of sp³-hybridized carbons (Fsp3) is 0.552. The standard InChI is InChI=1S/C29H36F3N5O3/c1-35(25-7-2-3-14-33-25)28(40)19-8-10-22(11-9-19)36-15-12-24-23(36)13-16-37(24)26(38)18-34-27(39)20-5-4-6-21(17-20)29(30,31)32/h2-7,14,17,19,22-24,26,38H,8-13,15-16,18H2,1H3,(H,34,39)/t19?,22?,23-,24-,26?/m1/s1. The van der Waals surface area contributed by atoms with Gasteiger partial charge in [-0.3, -0.25) is 24.3 Å². The van der Waals surface area contributed by atoms with E-state index in [1.165, 1.54) is 12.1 Å². The van der Waals surface area contributed by atoms with Crippen LogP contribution in [0, 0.1) is 5.92 Å². The molecule has 3 atom stereocenters. The monoisotopic (exact) mass is 559 g/mol. The Labute approximate surface area is 232 Å². The number of fused-ring (bicyclic) bond motifs is 1. The van der Waals surface area contributed by atoms with Gasteiger partial charge in [-0.1, -0.05) is 12.1 Å². The van der Waals surface area contributed by atoms with E-state index in [-0.39, 0.29) is 30.0 Å². The number of hydrogen-bond acceptors (Lipinski definition) is 6. The van der Waals surface area contributed by atoms with Crippen molar-refractivity contribution in [2.45, 2.75) is 69.1 Å². The number of likely N-dealkylation sites (tertiary alicyclic amines) is 2. The molecule has 40 heavy (non-hydrogen) atoms. The predicted octanol–water partition coefficient (Wildman–Crippen LogP) is 3.52. The van der Waals surface area contributed by atoms with Crippen LogP contribution in [0.25, 0.3) is 0 Å². The van der Waals surface area contributed by atoms with Crippen LogP contribution in [-0.2, 0) is 11.0 Å². The molecular formula is C29H36F3N5O3. The second-order valence-electron chi connectivity index (χ2n) is 11.0. The van der Waals surface area contributed by atoms with Gasteiger partial charge in [0.15, 0.2) is 0 Å². The summed E-state index contributed by atoms with van der Waals surface area (Å²) in [6.45, 7) is 1.55. The van der Waals surface area contributed by atoms with Gasteiger partial charge in [-0.15, -0.1) is 0 Å². The summed E-state index contributed by atoms with van der Waals surface area (Å²) in [5.41, 5.74) is -0.971. The number of carbonyl (C=O) groups is 2. The van der Waals surface area contributed by atoms with Crippen LogP contribution in [0.15, 0.2) is 48.7 Å². The number of hydrogen-bond donors (Lipinski definition) is 2. The Morgan fingerprint density at radius 1 is 1.05 bits per heavy atom. The van der Waals surface area contributed by atoms with Crippen molar-refractivity contribution >= 4 is 17.6 Å². The van der Waals surface area contributed by atoms with Gasteiger partial charge < -0.3 is 10.4 Å². The van der Waals surface area contributed by atoms with Crippen molar-refractivity contribution in [2.24, 2.45) is 5.92 Å². The summed E-state index contributed by atoms with van der Waals surface area (Å²) in [7, 11) is 1.78. The van der Waals surface area contributed by atoms with E-state index in [2.05, 4.69) is 15.2 Å². The lowest BCUT2D eigenvalue weighted by atomic mass is 9.84. The lowest BCUT2D eigenvalue weighted by molar-refractivity contribution is -0.137. The van der Waals surface area contributed by atoms with Crippen LogP contribution in [0.2, 0.25) is 0 Å². The normalized spacial score (nSPS) is 26.3. The van der Waals surface area contributed by atoms with Crippen molar-refractivity contribution in [3.8, 4) is 0 Å². The van der Waals surface area contributed by atoms with E-state index in [9.17, 15) is 27.9 Å². The van der Waals surface area contributed by atoms with E-state index in [4.69, 9.17) is 0 Å². The summed E-state index contributed by atoms with van der Waals surface area (Å²) < 4.78 is 39.0. The summed E-state index contributed by atoms with van der Waals surface area (Å²) >= 11 is 0. The van der Waals surface area contributed by atoms with Gasteiger partial charge in [0, 0.05) is 55.9 Å². The van der Waals surface area contributed by atoms with E-state index in [1.807, 2.05) is 23.1 Å². The maximum Gasteiger partial charge on any atom is 0.416 e. The molecule has 11 heteroatoms. The van der Waals surface area contributed by atoms with Gasteiger partial charge >= 0.3 is 6.18 Å². The number of nitrogens with one attached hydrogen (secondary N) is 1. The minimum absolute atomic E-state index is 0.0102. The highest BCUT2D eigenvalue weighted by Crippen LogP contribution is 2.38. The molecule has 216 valence electrons. The molecule has 2 amide bonds. The van der Waals surface area contributed by atoms with Crippen molar-refractivity contribution in [1.82, 2.24) is 20.1 Å². The summed E-state index contributed by atoms with van der Waals surface area (Å²) in [6, 6.07) is 10.7. The number of anilines is 1. The van der Waals surface area contributed by atoms with Crippen molar-refractivity contribution in [3.63, 3.8) is 0 Å². The smallest absolute Gasteiger partial charge is 0.376 e. The molecule has 0 bridgehead atoms. The van der Waals surface area contributed by atoms with Crippen molar-refractivity contribution in [2.75, 3.05) is 31.6 Å². The number of rotatable bonds is 7. The number of aliphatic hydroxyl groups is 1. The number of carbonyl (C=O) groups excluding carboxylic acids is 2. The quantitative estimate of drug-likeness (QED) is 0.540. The first-order chi connectivity index (χ1) is 19.1. The number of benzene rings is 1. The zero-order valence-electron chi connectivity index (χ0n) is 22.6. The molecule has 2 saturated heterocycles. The van der Waals surface area contributed by atoms with Crippen molar-refractivity contribution in [3.05, 3.63) is 59.8 Å². The molecule has 1 saturated carbocycles. The van der Waals surface area contributed by atoms with Gasteiger partial charge in [-0.05, 0) is 68.9 Å². The van der Waals surface area contributed by atoms with E-state index < -0.39 is 23.9 Å². The third-order valence-corrected chi connectivity index (χ3v) is 8.78. The highest BCUT2D eigenvalue weighted by molar-refractivity contribution is 5.94. The Balaban J connectivity index is 1.11. The van der Waals surface area contributed by atoms with Gasteiger partial charge in [0.05, 0.1) is 12.1 Å². The molecule has 5 rings (SSSR count). The number of alkyl halides is 3. The Morgan fingerprint density at radius 2 is 1.80 bits per heavy atom. The lowest BCUT2D eigenvalue weighted by Crippen LogP contribution is -2.48. The largest absolute Gasteiger partial charge is 0.416 e. The van der Waals surface area contributed by atoms with E-state index in [1.54, 1.807) is 18.1 Å². The van der Waals surface area contributed by atoms with Crippen LogP contribution in [0.5, 0.6) is 0 Å². The fourth-order valence-electron chi connectivity index (χ4n) is 6.71. The van der Waals surface area contributed by atoms with Gasteiger partial charge in [0.2, 0.25) is 5.91 Å². The topological polar surface area (TPSA) is 89.0 Å². The minimum Gasteiger partial charge on any atom is -0.376 e. The first-order valence-corrected chi connectivity index (χ1v) is 14.0. The minimum atomic E-state index is -4.53. The molecule has 0 spiro atoms. The van der Waals surface area contributed by atoms with Gasteiger partial charge in [0.1, 0.15) is 12.0 Å². The van der Waals surface area contributed by atoms with Gasteiger partial charge in [-0.25, -0.2) is 4.98 Å². The van der Waals surface area contributed by atoms with E-state index >= 15 is 0 Å². The number of aliphatic hydroxyl groups excluding tert-OH is 1. The molecule has 0 radical (unpaired) electrons. The third kappa shape index (κ3) is 6.01. The summed E-state index contributed by atoms with van der Waals surface area (Å²) in [6.07, 6.45) is 1.63. The fourth-order valence-corrected chi connectivity index (χ4v) is 6.71. The van der Waals surface area contributed by atoms with E-state index in [0.717, 1.165) is 57.2 Å². The average molecular weight is 560 g/mol. The molecule has 2 N–H and O–H groups in total. The maximum absolute atomic E-state index is 13.0. The van der Waals surface area contributed by atoms with Crippen LogP contribution in [0.1, 0.15) is 54.4 Å². The van der Waals surface area contributed by atoms with Gasteiger partial charge in [0.25, 0.3) is 5.91 Å². The van der Waals surface area contributed by atoms with Crippen LogP contribution in [0.3, 0.4) is 0 Å². The first kappa shape index (κ1) is 28.5. The maximum atomic E-state index is 13.0. The predicted molar refractivity (Wildman–Crippen MR) is 143 cm³/mol. The summed E-state index contributed by atoms with van der Waals surface area (Å²) in [4.78, 5) is 36.0. The molecule has 2 aliphatic heterocycles. The third-order valence-electron chi connectivity index (χ3n) is 8.78. The molecule has 3 fully saturated rings. The summed E-state index contributed by atoms with van der Waals surface area (Å²) in [5, 5.41) is 13.5. The highest BCUT2D eigenvalue weighted by Gasteiger charge is 2.47. The van der Waals surface area contributed by atoms with Crippen molar-refractivity contribution < 1.29 is 27.9 Å². The van der Waals surface area contributed by atoms with Crippen LogP contribution in [-0.4, -0.2) is 82.7 Å². The second kappa shape index (κ2) is 11.8. The molecule has 3 heterocycles. The molecule has 8 nitrogen and oxygen atoms in total. The molecule has 1 aromatic carbocycles. The number of amides is 2. The SMILES string of the molecule is CN(C(=O)C1CCC(N2CC[C@@H]3[C@H]2CCN3C(O)CNC(=O)c2cccc(C(F)(F)F)c2)CC1)c1ccccn1. The Morgan fingerprint density at radius 3 is 2.50 bits per heavy atom. The second-order valence-corrected chi connectivity index (χ2v) is 11.0. The van der Waals surface area contributed by atoms with Gasteiger partial charge in [-0.2, -0.15) is 13.2 Å². The zero-order valence-corrected chi connectivity index (χ0v) is 22.6. The molecule has 2 aromatic rings. The molecule has 1 aliphatic carbocycles. The Bertz CT molecular complexity index is 1190. The number of nitrogens with zero attached hydrogens (tertiary/aromatic N) is 4. The average Bonchev–Trinajstić information content (AvgIpc) is 3.58. The molecule has 1 aromatic heterocycles. The molecule has 1 unspecified atom stereocenters. The number of aromatic nitrogens is 1. The number of pyridine rings is 1. The molecule has 3 aliphatic rings. The van der Waals surface area contributed by atoms with Crippen LogP contribution in [0.4, 0.5) is 19.0 Å². The highest BCUT2D eigenvalue weighted by atomic mass is 19.4.